The number of hydrogen-bond donors (Lipinski definition) is 1. The molecule has 2 aliphatic rings. The summed E-state index contributed by atoms with van der Waals surface area (Å²) in [5.41, 5.74) is 2.49. The summed E-state index contributed by atoms with van der Waals surface area (Å²) in [6.45, 7) is 0. The molecule has 22 heavy (non-hydrogen) atoms. The molecule has 1 aromatic carbocycles. The Balaban J connectivity index is 1.68. The van der Waals surface area contributed by atoms with Crippen LogP contribution in [-0.2, 0) is 16.3 Å². The molecule has 1 N–H and O–H groups in total. The third kappa shape index (κ3) is 3.11. The third-order valence-corrected chi connectivity index (χ3v) is 6.49. The maximum Gasteiger partial charge on any atom is 0.317 e. The summed E-state index contributed by atoms with van der Waals surface area (Å²) in [6.07, 6.45) is 3.58. The van der Waals surface area contributed by atoms with Crippen molar-refractivity contribution in [3.63, 3.8) is 0 Å². The lowest BCUT2D eigenvalue weighted by molar-refractivity contribution is 0.189. The van der Waals surface area contributed by atoms with Gasteiger partial charge in [0.25, 0.3) is 0 Å². The van der Waals surface area contributed by atoms with E-state index in [-0.39, 0.29) is 29.6 Å². The van der Waals surface area contributed by atoms with Crippen LogP contribution < -0.4 is 5.32 Å². The maximum absolute atomic E-state index is 12.4. The molecule has 5 nitrogen and oxygen atoms in total. The molecular formula is C16H22N2O3S. The lowest BCUT2D eigenvalue weighted by atomic mass is 9.88. The number of benzene rings is 1. The second-order valence-corrected chi connectivity index (χ2v) is 8.49. The largest absolute Gasteiger partial charge is 0.331 e. The molecule has 0 radical (unpaired) electrons. The van der Waals surface area contributed by atoms with Crippen LogP contribution in [0.25, 0.3) is 0 Å². The summed E-state index contributed by atoms with van der Waals surface area (Å²) in [4.78, 5) is 14.0. The molecule has 2 amide bonds. The number of sulfone groups is 1. The number of aryl methyl sites for hydroxylation is 1. The summed E-state index contributed by atoms with van der Waals surface area (Å²) in [6, 6.07) is 7.85. The first-order valence-corrected chi connectivity index (χ1v) is 9.60. The quantitative estimate of drug-likeness (QED) is 0.904. The molecule has 1 saturated heterocycles. The average molecular weight is 322 g/mol. The number of nitrogens with one attached hydrogen (secondary N) is 1. The van der Waals surface area contributed by atoms with E-state index in [0.717, 1.165) is 19.3 Å². The van der Waals surface area contributed by atoms with E-state index in [2.05, 4.69) is 17.4 Å². The lowest BCUT2D eigenvalue weighted by Crippen LogP contribution is -2.45. The van der Waals surface area contributed by atoms with Crippen LogP contribution >= 0.6 is 0 Å². The van der Waals surface area contributed by atoms with Crippen LogP contribution in [0.1, 0.15) is 36.4 Å². The van der Waals surface area contributed by atoms with Crippen molar-refractivity contribution in [1.29, 1.82) is 0 Å². The van der Waals surface area contributed by atoms with Gasteiger partial charge in [0.15, 0.2) is 9.84 Å². The topological polar surface area (TPSA) is 66.5 Å². The van der Waals surface area contributed by atoms with E-state index in [4.69, 9.17) is 0 Å². The molecule has 0 bridgehead atoms. The van der Waals surface area contributed by atoms with Gasteiger partial charge in [-0.05, 0) is 36.8 Å². The highest BCUT2D eigenvalue weighted by Gasteiger charge is 2.33. The van der Waals surface area contributed by atoms with Gasteiger partial charge in [-0.2, -0.15) is 0 Å². The van der Waals surface area contributed by atoms with Gasteiger partial charge in [0, 0.05) is 13.1 Å². The summed E-state index contributed by atoms with van der Waals surface area (Å²) < 4.78 is 23.1. The average Bonchev–Trinajstić information content (AvgIpc) is 2.87. The Morgan fingerprint density at radius 3 is 2.77 bits per heavy atom. The molecule has 1 fully saturated rings. The van der Waals surface area contributed by atoms with E-state index >= 15 is 0 Å². The van der Waals surface area contributed by atoms with Crippen molar-refractivity contribution >= 4 is 15.9 Å². The van der Waals surface area contributed by atoms with Crippen LogP contribution in [0.2, 0.25) is 0 Å². The molecule has 0 unspecified atom stereocenters. The molecule has 0 spiro atoms. The molecule has 2 atom stereocenters. The first-order chi connectivity index (χ1) is 10.5. The lowest BCUT2D eigenvalue weighted by Gasteiger charge is -2.30. The normalized spacial score (nSPS) is 26.2. The van der Waals surface area contributed by atoms with Crippen molar-refractivity contribution in [2.24, 2.45) is 0 Å². The van der Waals surface area contributed by atoms with Gasteiger partial charge in [0.2, 0.25) is 0 Å². The molecule has 1 aliphatic heterocycles. The van der Waals surface area contributed by atoms with Crippen molar-refractivity contribution in [3.8, 4) is 0 Å². The van der Waals surface area contributed by atoms with Gasteiger partial charge in [-0.25, -0.2) is 13.2 Å². The predicted octanol–water partition coefficient (Wildman–Crippen LogP) is 1.89. The number of carbonyl (C=O) groups excluding carboxylic acids is 1. The van der Waals surface area contributed by atoms with E-state index < -0.39 is 9.84 Å². The molecule has 120 valence electrons. The second kappa shape index (κ2) is 5.91. The minimum Gasteiger partial charge on any atom is -0.331 e. The molecular weight excluding hydrogens is 300 g/mol. The van der Waals surface area contributed by atoms with Crippen LogP contribution in [0.5, 0.6) is 0 Å². The molecule has 0 aromatic heterocycles. The molecule has 0 saturated carbocycles. The van der Waals surface area contributed by atoms with Gasteiger partial charge in [-0.3, -0.25) is 0 Å². The van der Waals surface area contributed by atoms with Crippen molar-refractivity contribution in [2.75, 3.05) is 18.6 Å². The number of carbonyl (C=O) groups is 1. The van der Waals surface area contributed by atoms with Crippen molar-refractivity contribution in [1.82, 2.24) is 10.2 Å². The summed E-state index contributed by atoms with van der Waals surface area (Å²) in [7, 11) is -1.29. The summed E-state index contributed by atoms with van der Waals surface area (Å²) >= 11 is 0. The third-order valence-electron chi connectivity index (χ3n) is 4.74. The van der Waals surface area contributed by atoms with E-state index in [0.29, 0.717) is 6.42 Å². The van der Waals surface area contributed by atoms with Crippen molar-refractivity contribution in [3.05, 3.63) is 35.4 Å². The Morgan fingerprint density at radius 1 is 1.27 bits per heavy atom. The highest BCUT2D eigenvalue weighted by molar-refractivity contribution is 7.91. The second-order valence-electron chi connectivity index (χ2n) is 6.26. The predicted molar refractivity (Wildman–Crippen MR) is 85.5 cm³/mol. The minimum atomic E-state index is -2.98. The number of fused-ring (bicyclic) bond motifs is 1. The van der Waals surface area contributed by atoms with Gasteiger partial charge in [-0.1, -0.05) is 24.3 Å². The summed E-state index contributed by atoms with van der Waals surface area (Å²) in [5.74, 6) is 0.264. The first kappa shape index (κ1) is 15.3. The van der Waals surface area contributed by atoms with Gasteiger partial charge < -0.3 is 10.2 Å². The fourth-order valence-electron chi connectivity index (χ4n) is 3.40. The van der Waals surface area contributed by atoms with Crippen LogP contribution in [0.3, 0.4) is 0 Å². The Morgan fingerprint density at radius 2 is 2.05 bits per heavy atom. The first-order valence-electron chi connectivity index (χ1n) is 7.78. The zero-order valence-electron chi connectivity index (χ0n) is 12.8. The fraction of sp³-hybridized carbons (Fsp3) is 0.562. The molecule has 6 heteroatoms. The number of amides is 2. The van der Waals surface area contributed by atoms with Gasteiger partial charge in [0.1, 0.15) is 0 Å². The highest BCUT2D eigenvalue weighted by atomic mass is 32.2. The van der Waals surface area contributed by atoms with E-state index in [1.54, 1.807) is 11.9 Å². The number of hydrogen-bond acceptors (Lipinski definition) is 3. The molecule has 3 rings (SSSR count). The summed E-state index contributed by atoms with van der Waals surface area (Å²) in [5, 5.41) is 3.07. The number of urea groups is 1. The van der Waals surface area contributed by atoms with E-state index in [1.807, 2.05) is 12.1 Å². The Hall–Kier alpha value is -1.56. The highest BCUT2D eigenvalue weighted by Crippen LogP contribution is 2.29. The minimum absolute atomic E-state index is 0.0258. The van der Waals surface area contributed by atoms with Crippen LogP contribution in [0, 0.1) is 0 Å². The fourth-order valence-corrected chi connectivity index (χ4v) is 5.18. The molecule has 1 aromatic rings. The number of nitrogens with zero attached hydrogens (tertiary/aromatic N) is 1. The van der Waals surface area contributed by atoms with Crippen LogP contribution in [0.4, 0.5) is 4.79 Å². The zero-order valence-corrected chi connectivity index (χ0v) is 13.6. The maximum atomic E-state index is 12.4. The zero-order chi connectivity index (χ0) is 15.7. The van der Waals surface area contributed by atoms with Crippen LogP contribution in [-0.4, -0.2) is 43.9 Å². The molecule has 1 aliphatic carbocycles. The van der Waals surface area contributed by atoms with Gasteiger partial charge >= 0.3 is 6.03 Å². The monoisotopic (exact) mass is 322 g/mol. The standard InChI is InChI=1S/C16H22N2O3S/c1-18(13-9-10-22(20,21)11-13)16(19)17-15-8-4-6-12-5-2-3-7-14(12)15/h2-3,5,7,13,15H,4,6,8-11H2,1H3,(H,17,19)/t13-,15-/m0/s1. The molecule has 1 heterocycles. The SMILES string of the molecule is CN(C(=O)N[C@H]1CCCc2ccccc21)[C@H]1CCS(=O)(=O)C1. The van der Waals surface area contributed by atoms with E-state index in [9.17, 15) is 13.2 Å². The van der Waals surface area contributed by atoms with Crippen molar-refractivity contribution < 1.29 is 13.2 Å². The Labute approximate surface area is 131 Å². The van der Waals surface area contributed by atoms with E-state index in [1.165, 1.54) is 11.1 Å². The van der Waals surface area contributed by atoms with Gasteiger partial charge in [-0.15, -0.1) is 0 Å². The van der Waals surface area contributed by atoms with Crippen LogP contribution in [0.15, 0.2) is 24.3 Å². The number of rotatable bonds is 2. The van der Waals surface area contributed by atoms with Gasteiger partial charge in [0.05, 0.1) is 17.5 Å². The smallest absolute Gasteiger partial charge is 0.317 e. The Bertz CT molecular complexity index is 672. The Kier molecular flexibility index (Phi) is 4.12. The van der Waals surface area contributed by atoms with Crippen molar-refractivity contribution in [2.45, 2.75) is 37.8 Å².